The summed E-state index contributed by atoms with van der Waals surface area (Å²) in [6.45, 7) is 5.08. The molecular formula is C13H18FNO5S. The Bertz CT molecular complexity index is 628. The highest BCUT2D eigenvalue weighted by atomic mass is 32.2. The van der Waals surface area contributed by atoms with E-state index in [0.717, 1.165) is 12.1 Å². The summed E-state index contributed by atoms with van der Waals surface area (Å²) in [6, 6.07) is 1.92. The minimum Gasteiger partial charge on any atom is -0.460 e. The van der Waals surface area contributed by atoms with Gasteiger partial charge in [-0.3, -0.25) is 0 Å². The summed E-state index contributed by atoms with van der Waals surface area (Å²) in [6.07, 6.45) is -0.0200. The van der Waals surface area contributed by atoms with Gasteiger partial charge in [-0.05, 0) is 38.5 Å². The second-order valence-electron chi connectivity index (χ2n) is 4.70. The van der Waals surface area contributed by atoms with E-state index in [0.29, 0.717) is 0 Å². The monoisotopic (exact) mass is 319 g/mol. The van der Waals surface area contributed by atoms with Crippen LogP contribution in [0.15, 0.2) is 17.0 Å². The second-order valence-corrected chi connectivity index (χ2v) is 6.26. The van der Waals surface area contributed by atoms with Crippen LogP contribution in [0.25, 0.3) is 0 Å². The van der Waals surface area contributed by atoms with Gasteiger partial charge in [-0.2, -0.15) is 0 Å². The molecule has 0 bridgehead atoms. The van der Waals surface area contributed by atoms with E-state index in [2.05, 4.69) is 0 Å². The quantitative estimate of drug-likeness (QED) is 0.631. The summed E-state index contributed by atoms with van der Waals surface area (Å²) >= 11 is 0. The van der Waals surface area contributed by atoms with E-state index in [-0.39, 0.29) is 29.8 Å². The maximum atomic E-state index is 13.9. The van der Waals surface area contributed by atoms with Gasteiger partial charge in [-0.25, -0.2) is 22.7 Å². The minimum atomic E-state index is -4.03. The lowest BCUT2D eigenvalue weighted by atomic mass is 10.1. The SMILES string of the molecule is Cc1cc(S(N)(=O)=O)cc(C(=O)OCCOC(C)C)c1F. The first-order valence-corrected chi connectivity index (χ1v) is 7.79. The molecule has 0 aliphatic heterocycles. The van der Waals surface area contributed by atoms with Crippen LogP contribution < -0.4 is 5.14 Å². The summed E-state index contributed by atoms with van der Waals surface area (Å²) < 4.78 is 46.5. The highest BCUT2D eigenvalue weighted by molar-refractivity contribution is 7.89. The van der Waals surface area contributed by atoms with Gasteiger partial charge in [0.1, 0.15) is 12.4 Å². The van der Waals surface area contributed by atoms with Gasteiger partial charge in [-0.1, -0.05) is 0 Å². The Labute approximate surface area is 123 Å². The zero-order valence-electron chi connectivity index (χ0n) is 12.1. The third-order valence-electron chi connectivity index (χ3n) is 2.54. The van der Waals surface area contributed by atoms with E-state index in [1.807, 2.05) is 13.8 Å². The Morgan fingerprint density at radius 3 is 2.48 bits per heavy atom. The van der Waals surface area contributed by atoms with Crippen LogP contribution in [0.1, 0.15) is 29.8 Å². The number of halogens is 1. The number of benzene rings is 1. The summed E-state index contributed by atoms with van der Waals surface area (Å²) in [5, 5.41) is 4.98. The third kappa shape index (κ3) is 5.07. The predicted octanol–water partition coefficient (Wildman–Crippen LogP) is 1.36. The van der Waals surface area contributed by atoms with Gasteiger partial charge < -0.3 is 9.47 Å². The van der Waals surface area contributed by atoms with Gasteiger partial charge in [0.05, 0.1) is 23.2 Å². The Balaban J connectivity index is 2.91. The topological polar surface area (TPSA) is 95.7 Å². The van der Waals surface area contributed by atoms with Crippen molar-refractivity contribution in [2.45, 2.75) is 31.8 Å². The summed E-state index contributed by atoms with van der Waals surface area (Å²) in [5.41, 5.74) is -0.476. The zero-order valence-corrected chi connectivity index (χ0v) is 12.9. The number of hydrogen-bond donors (Lipinski definition) is 1. The number of carbonyl (C=O) groups excluding carboxylic acids is 1. The van der Waals surface area contributed by atoms with Crippen LogP contribution in [0, 0.1) is 12.7 Å². The fraction of sp³-hybridized carbons (Fsp3) is 0.462. The molecule has 21 heavy (non-hydrogen) atoms. The number of hydrogen-bond acceptors (Lipinski definition) is 5. The normalized spacial score (nSPS) is 11.7. The number of nitrogens with two attached hydrogens (primary N) is 1. The second kappa shape index (κ2) is 6.97. The molecule has 0 spiro atoms. The largest absolute Gasteiger partial charge is 0.460 e. The van der Waals surface area contributed by atoms with E-state index in [1.165, 1.54) is 6.92 Å². The molecule has 0 saturated heterocycles. The van der Waals surface area contributed by atoms with Crippen molar-refractivity contribution in [3.63, 3.8) is 0 Å². The standard InChI is InChI=1S/C13H18FNO5S/c1-8(2)19-4-5-20-13(16)11-7-10(21(15,17)18)6-9(3)12(11)14/h6-8H,4-5H2,1-3H3,(H2,15,17,18). The highest BCUT2D eigenvalue weighted by Gasteiger charge is 2.20. The van der Waals surface area contributed by atoms with E-state index >= 15 is 0 Å². The summed E-state index contributed by atoms with van der Waals surface area (Å²) in [7, 11) is -4.03. The summed E-state index contributed by atoms with van der Waals surface area (Å²) in [4.78, 5) is 11.4. The molecule has 0 aromatic heterocycles. The lowest BCUT2D eigenvalue weighted by molar-refractivity contribution is 0.0173. The van der Waals surface area contributed by atoms with E-state index in [1.54, 1.807) is 0 Å². The van der Waals surface area contributed by atoms with Crippen LogP contribution in [-0.4, -0.2) is 33.7 Å². The van der Waals surface area contributed by atoms with Crippen LogP contribution in [0.2, 0.25) is 0 Å². The van der Waals surface area contributed by atoms with Crippen LogP contribution in [0.5, 0.6) is 0 Å². The van der Waals surface area contributed by atoms with Gasteiger partial charge in [0.2, 0.25) is 10.0 Å². The van der Waals surface area contributed by atoms with Gasteiger partial charge in [0.15, 0.2) is 0 Å². The summed E-state index contributed by atoms with van der Waals surface area (Å²) in [5.74, 6) is -1.80. The van der Waals surface area contributed by atoms with Crippen LogP contribution in [-0.2, 0) is 19.5 Å². The zero-order chi connectivity index (χ0) is 16.2. The molecule has 0 amide bonds. The molecule has 2 N–H and O–H groups in total. The van der Waals surface area contributed by atoms with Crippen molar-refractivity contribution >= 4 is 16.0 Å². The number of esters is 1. The molecule has 1 rings (SSSR count). The number of ether oxygens (including phenoxy) is 2. The van der Waals surface area contributed by atoms with E-state index in [4.69, 9.17) is 14.6 Å². The van der Waals surface area contributed by atoms with Gasteiger partial charge in [-0.15, -0.1) is 0 Å². The molecule has 0 aliphatic carbocycles. The van der Waals surface area contributed by atoms with Crippen LogP contribution >= 0.6 is 0 Å². The van der Waals surface area contributed by atoms with Gasteiger partial charge in [0.25, 0.3) is 0 Å². The maximum Gasteiger partial charge on any atom is 0.341 e. The first kappa shape index (κ1) is 17.5. The van der Waals surface area contributed by atoms with Gasteiger partial charge in [0, 0.05) is 0 Å². The Morgan fingerprint density at radius 2 is 1.95 bits per heavy atom. The van der Waals surface area contributed by atoms with Crippen LogP contribution in [0.4, 0.5) is 4.39 Å². The fourth-order valence-electron chi connectivity index (χ4n) is 1.55. The number of carbonyl (C=O) groups is 1. The lowest BCUT2D eigenvalue weighted by Crippen LogP contribution is -2.17. The van der Waals surface area contributed by atoms with Crippen molar-refractivity contribution in [1.29, 1.82) is 0 Å². The Morgan fingerprint density at radius 1 is 1.33 bits per heavy atom. The van der Waals surface area contributed by atoms with Crippen LogP contribution in [0.3, 0.4) is 0 Å². The van der Waals surface area contributed by atoms with Gasteiger partial charge >= 0.3 is 5.97 Å². The van der Waals surface area contributed by atoms with Crippen molar-refractivity contribution in [1.82, 2.24) is 0 Å². The van der Waals surface area contributed by atoms with E-state index in [9.17, 15) is 17.6 Å². The highest BCUT2D eigenvalue weighted by Crippen LogP contribution is 2.19. The smallest absolute Gasteiger partial charge is 0.341 e. The molecule has 6 nitrogen and oxygen atoms in total. The maximum absolute atomic E-state index is 13.9. The van der Waals surface area contributed by atoms with Crippen molar-refractivity contribution in [3.05, 3.63) is 29.1 Å². The molecule has 0 heterocycles. The molecule has 0 saturated carbocycles. The lowest BCUT2D eigenvalue weighted by Gasteiger charge is -2.10. The Kier molecular flexibility index (Phi) is 5.82. The Hall–Kier alpha value is -1.51. The van der Waals surface area contributed by atoms with Crippen molar-refractivity contribution in [2.24, 2.45) is 5.14 Å². The minimum absolute atomic E-state index is 0.00749. The van der Waals surface area contributed by atoms with Crippen molar-refractivity contribution < 1.29 is 27.1 Å². The fourth-order valence-corrected chi connectivity index (χ4v) is 2.17. The predicted molar refractivity (Wildman–Crippen MR) is 73.9 cm³/mol. The first-order valence-electron chi connectivity index (χ1n) is 6.24. The molecule has 1 aromatic carbocycles. The molecule has 0 aliphatic rings. The molecule has 0 radical (unpaired) electrons. The van der Waals surface area contributed by atoms with Crippen molar-refractivity contribution in [3.8, 4) is 0 Å². The van der Waals surface area contributed by atoms with E-state index < -0.39 is 27.4 Å². The molecule has 118 valence electrons. The molecule has 8 heteroatoms. The first-order chi connectivity index (χ1) is 9.62. The average molecular weight is 319 g/mol. The number of primary sulfonamides is 1. The molecule has 0 unspecified atom stereocenters. The van der Waals surface area contributed by atoms with Crippen molar-refractivity contribution in [2.75, 3.05) is 13.2 Å². The molecular weight excluding hydrogens is 301 g/mol. The third-order valence-corrected chi connectivity index (χ3v) is 3.44. The number of rotatable bonds is 6. The molecule has 0 atom stereocenters. The average Bonchev–Trinajstić information content (AvgIpc) is 2.35. The number of sulfonamides is 1. The molecule has 1 aromatic rings. The molecule has 0 fully saturated rings. The number of aryl methyl sites for hydroxylation is 1.